The van der Waals surface area contributed by atoms with E-state index in [0.29, 0.717) is 22.8 Å². The van der Waals surface area contributed by atoms with E-state index in [-0.39, 0.29) is 11.5 Å². The second-order valence-electron chi connectivity index (χ2n) is 14.4. The summed E-state index contributed by atoms with van der Waals surface area (Å²) in [7, 11) is 1.71. The molecule has 2 N–H and O–H groups in total. The van der Waals surface area contributed by atoms with Gasteiger partial charge < -0.3 is 24.6 Å². The lowest BCUT2D eigenvalue weighted by molar-refractivity contribution is -0.118. The summed E-state index contributed by atoms with van der Waals surface area (Å²) in [5.41, 5.74) is 3.85. The Bertz CT molecular complexity index is 1100. The van der Waals surface area contributed by atoms with E-state index in [0.717, 1.165) is 63.2 Å². The van der Waals surface area contributed by atoms with Crippen molar-refractivity contribution in [2.24, 2.45) is 16.7 Å². The number of hydrogen-bond acceptors (Lipinski definition) is 6. The average molecular weight is 523 g/mol. The average Bonchev–Trinajstić information content (AvgIpc) is 3.07. The Hall–Kier alpha value is -1.60. The van der Waals surface area contributed by atoms with Crippen molar-refractivity contribution >= 4 is 0 Å². The van der Waals surface area contributed by atoms with Crippen LogP contribution in [0.25, 0.3) is 0 Å². The molecule has 4 saturated carbocycles. The minimum Gasteiger partial charge on any atom is -0.493 e. The molecule has 1 spiro atoms. The van der Waals surface area contributed by atoms with Gasteiger partial charge in [-0.2, -0.15) is 0 Å². The van der Waals surface area contributed by atoms with Gasteiger partial charge in [0.2, 0.25) is 0 Å². The Morgan fingerprint density at radius 2 is 1.92 bits per heavy atom. The summed E-state index contributed by atoms with van der Waals surface area (Å²) < 4.78 is 18.3. The molecule has 0 aromatic heterocycles. The van der Waals surface area contributed by atoms with Gasteiger partial charge in [0, 0.05) is 37.2 Å². The van der Waals surface area contributed by atoms with Gasteiger partial charge in [0.05, 0.1) is 31.8 Å². The molecule has 6 heteroatoms. The van der Waals surface area contributed by atoms with Gasteiger partial charge in [-0.3, -0.25) is 4.90 Å². The largest absolute Gasteiger partial charge is 0.493 e. The molecule has 208 valence electrons. The maximum absolute atomic E-state index is 10.3. The number of aliphatic hydroxyl groups is 1. The van der Waals surface area contributed by atoms with E-state index in [1.807, 2.05) is 12.1 Å². The third-order valence-electron chi connectivity index (χ3n) is 11.0. The number of hydrogen-bond donors (Lipinski definition) is 2. The van der Waals surface area contributed by atoms with Gasteiger partial charge in [-0.25, -0.2) is 0 Å². The molecule has 6 nitrogen and oxygen atoms in total. The van der Waals surface area contributed by atoms with Gasteiger partial charge in [0.15, 0.2) is 11.5 Å². The summed E-state index contributed by atoms with van der Waals surface area (Å²) in [6, 6.07) is 4.25. The van der Waals surface area contributed by atoms with Crippen LogP contribution in [0.1, 0.15) is 76.3 Å². The number of benzene rings is 1. The Morgan fingerprint density at radius 3 is 2.68 bits per heavy atom. The van der Waals surface area contributed by atoms with Crippen molar-refractivity contribution in [3.05, 3.63) is 35.4 Å². The fourth-order valence-corrected chi connectivity index (χ4v) is 10.5. The monoisotopic (exact) mass is 522 g/mol. The molecule has 4 fully saturated rings. The van der Waals surface area contributed by atoms with Crippen molar-refractivity contribution < 1.29 is 19.3 Å². The molecule has 0 saturated heterocycles. The van der Waals surface area contributed by atoms with Crippen LogP contribution in [0, 0.1) is 16.7 Å². The lowest BCUT2D eigenvalue weighted by Gasteiger charge is -2.65. The first-order valence-electron chi connectivity index (χ1n) is 15.0. The molecule has 1 aromatic carbocycles. The molecule has 7 atom stereocenters. The maximum Gasteiger partial charge on any atom is 0.166 e. The van der Waals surface area contributed by atoms with Crippen LogP contribution in [0.15, 0.2) is 24.3 Å². The summed E-state index contributed by atoms with van der Waals surface area (Å²) in [6.45, 7) is 10.4. The molecular formula is C32H46N2O4. The summed E-state index contributed by atoms with van der Waals surface area (Å²) >= 11 is 0. The van der Waals surface area contributed by atoms with Crippen LogP contribution in [0.3, 0.4) is 0 Å². The predicted molar refractivity (Wildman–Crippen MR) is 148 cm³/mol. The molecule has 2 heterocycles. The van der Waals surface area contributed by atoms with E-state index >= 15 is 0 Å². The van der Waals surface area contributed by atoms with Crippen molar-refractivity contribution in [2.75, 3.05) is 40.0 Å². The van der Waals surface area contributed by atoms with E-state index in [4.69, 9.17) is 14.2 Å². The van der Waals surface area contributed by atoms with Crippen LogP contribution < -0.4 is 14.8 Å². The van der Waals surface area contributed by atoms with Crippen molar-refractivity contribution in [2.45, 2.75) is 94.9 Å². The Balaban J connectivity index is 0.956. The zero-order valence-corrected chi connectivity index (χ0v) is 23.6. The fraction of sp³-hybridized carbons (Fsp3) is 0.750. The first-order chi connectivity index (χ1) is 18.2. The number of nitrogens with one attached hydrogen (secondary N) is 1. The molecular weight excluding hydrogens is 476 g/mol. The second-order valence-corrected chi connectivity index (χ2v) is 14.4. The smallest absolute Gasteiger partial charge is 0.166 e. The van der Waals surface area contributed by atoms with Crippen LogP contribution in [-0.4, -0.2) is 67.7 Å². The third kappa shape index (κ3) is 4.13. The highest BCUT2D eigenvalue weighted by atomic mass is 16.5. The molecule has 2 aliphatic heterocycles. The third-order valence-corrected chi connectivity index (χ3v) is 11.0. The van der Waals surface area contributed by atoms with Crippen LogP contribution in [-0.2, 0) is 16.7 Å². The van der Waals surface area contributed by atoms with Crippen molar-refractivity contribution in [3.63, 3.8) is 0 Å². The topological polar surface area (TPSA) is 63.2 Å². The zero-order chi connectivity index (χ0) is 26.2. The molecule has 5 aliphatic carbocycles. The first kappa shape index (κ1) is 25.4. The highest BCUT2D eigenvalue weighted by Gasteiger charge is 2.60. The van der Waals surface area contributed by atoms with E-state index in [1.54, 1.807) is 7.11 Å². The lowest BCUT2D eigenvalue weighted by Crippen LogP contribution is -2.64. The number of methoxy groups -OCH3 is 1. The number of ether oxygens (including phenoxy) is 3. The normalized spacial score (nSPS) is 42.5. The summed E-state index contributed by atoms with van der Waals surface area (Å²) in [6.07, 6.45) is 13.7. The van der Waals surface area contributed by atoms with E-state index < -0.39 is 6.10 Å². The molecule has 0 radical (unpaired) electrons. The van der Waals surface area contributed by atoms with Crippen molar-refractivity contribution in [1.82, 2.24) is 10.2 Å². The van der Waals surface area contributed by atoms with E-state index in [1.165, 1.54) is 49.7 Å². The number of aliphatic hydroxyl groups excluding tert-OH is 1. The van der Waals surface area contributed by atoms with E-state index in [9.17, 15) is 5.11 Å². The minimum absolute atomic E-state index is 0.0380. The summed E-state index contributed by atoms with van der Waals surface area (Å²) in [5.74, 6) is 2.60. The highest BCUT2D eigenvalue weighted by molar-refractivity contribution is 5.61. The molecule has 1 aromatic rings. The van der Waals surface area contributed by atoms with Crippen molar-refractivity contribution in [1.29, 1.82) is 0 Å². The summed E-state index contributed by atoms with van der Waals surface area (Å²) in [5, 5.41) is 14.3. The van der Waals surface area contributed by atoms with Gasteiger partial charge in [-0.05, 0) is 79.9 Å². The zero-order valence-electron chi connectivity index (χ0n) is 23.6. The van der Waals surface area contributed by atoms with E-state index in [2.05, 4.69) is 36.2 Å². The number of nitrogens with zero attached hydrogens (tertiary/aromatic N) is 1. The molecule has 0 unspecified atom stereocenters. The SMILES string of the molecule is COc1ccc2c3c1O[C@H]1C[C@@H](O)C=C[C@@]31CCN(CCOCCN[C@]13C[C@@H]4C[C@@](C)(C[C@@](C)(C4)C1)C3)C2. The summed E-state index contributed by atoms with van der Waals surface area (Å²) in [4.78, 5) is 2.53. The van der Waals surface area contributed by atoms with Crippen LogP contribution in [0.4, 0.5) is 0 Å². The van der Waals surface area contributed by atoms with Crippen LogP contribution >= 0.6 is 0 Å². The van der Waals surface area contributed by atoms with Crippen molar-refractivity contribution in [3.8, 4) is 11.5 Å². The second kappa shape index (κ2) is 8.95. The Labute approximate surface area is 228 Å². The molecule has 38 heavy (non-hydrogen) atoms. The minimum atomic E-state index is -0.445. The van der Waals surface area contributed by atoms with Crippen LogP contribution in [0.2, 0.25) is 0 Å². The van der Waals surface area contributed by atoms with Gasteiger partial charge in [-0.15, -0.1) is 0 Å². The molecule has 8 rings (SSSR count). The first-order valence-corrected chi connectivity index (χ1v) is 15.0. The Morgan fingerprint density at radius 1 is 1.11 bits per heavy atom. The van der Waals surface area contributed by atoms with Gasteiger partial charge >= 0.3 is 0 Å². The standard InChI is InChI=1S/C32H46N2O4/c1-29-15-22-16-30(2,19-29)21-31(17-22,20-29)33-9-12-37-13-11-34-10-8-32-7-6-24(35)14-26(32)38-28-25(36-3)5-4-23(18-34)27(28)32/h4-7,22,24,26,33,35H,8-21H2,1-3H3/t22-,24-,26-,29+,30-,31+,32-/m0/s1. The van der Waals surface area contributed by atoms with Crippen LogP contribution in [0.5, 0.6) is 11.5 Å². The molecule has 4 bridgehead atoms. The number of rotatable bonds is 8. The quantitative estimate of drug-likeness (QED) is 0.385. The van der Waals surface area contributed by atoms with Gasteiger partial charge in [0.25, 0.3) is 0 Å². The highest BCUT2D eigenvalue weighted by Crippen LogP contribution is 2.66. The maximum atomic E-state index is 10.3. The Kier molecular flexibility index (Phi) is 5.98. The lowest BCUT2D eigenvalue weighted by atomic mass is 9.43. The molecule has 0 amide bonds. The van der Waals surface area contributed by atoms with Gasteiger partial charge in [-0.1, -0.05) is 32.1 Å². The fourth-order valence-electron chi connectivity index (χ4n) is 10.5. The van der Waals surface area contributed by atoms with Gasteiger partial charge in [0.1, 0.15) is 6.10 Å². The predicted octanol–water partition coefficient (Wildman–Crippen LogP) is 4.58. The molecule has 7 aliphatic rings.